The second-order valence-electron chi connectivity index (χ2n) is 4.37. The number of alkyl halides is 4. The number of hydrogen-bond donors (Lipinski definition) is 1. The normalized spacial score (nSPS) is 13.6. The third kappa shape index (κ3) is 4.06. The van der Waals surface area contributed by atoms with Crippen LogP contribution in [0.25, 0.3) is 0 Å². The van der Waals surface area contributed by atoms with Crippen LogP contribution in [0.2, 0.25) is 0 Å². The van der Waals surface area contributed by atoms with Gasteiger partial charge in [0.2, 0.25) is 0 Å². The Labute approximate surface area is 127 Å². The van der Waals surface area contributed by atoms with Crippen molar-refractivity contribution in [2.75, 3.05) is 13.7 Å². The van der Waals surface area contributed by atoms with Gasteiger partial charge >= 0.3 is 12.3 Å². The van der Waals surface area contributed by atoms with Crippen LogP contribution in [0.5, 0.6) is 5.75 Å². The molecule has 21 heavy (non-hydrogen) atoms. The highest BCUT2D eigenvalue weighted by Crippen LogP contribution is 2.41. The topological polar surface area (TPSA) is 21.3 Å². The Morgan fingerprint density at radius 3 is 2.43 bits per heavy atom. The van der Waals surface area contributed by atoms with Gasteiger partial charge in [-0.25, -0.2) is 13.2 Å². The van der Waals surface area contributed by atoms with E-state index in [9.17, 15) is 22.0 Å². The highest BCUT2D eigenvalue weighted by atomic mass is 79.9. The molecular formula is C13H15BrF5NO. The first-order valence-corrected chi connectivity index (χ1v) is 6.97. The largest absolute Gasteiger partial charge is 0.496 e. The summed E-state index contributed by atoms with van der Waals surface area (Å²) in [5.74, 6) is -5.27. The molecule has 0 amide bonds. The van der Waals surface area contributed by atoms with Gasteiger partial charge in [0.05, 0.1) is 11.6 Å². The average molecular weight is 376 g/mol. The molecule has 0 spiro atoms. The second kappa shape index (κ2) is 7.40. The van der Waals surface area contributed by atoms with Crippen molar-refractivity contribution in [3.8, 4) is 5.75 Å². The molecule has 1 atom stereocenters. The minimum atomic E-state index is -4.32. The molecule has 0 saturated heterocycles. The van der Waals surface area contributed by atoms with Gasteiger partial charge in [-0.15, -0.1) is 0 Å². The molecule has 0 bridgehead atoms. The van der Waals surface area contributed by atoms with Gasteiger partial charge in [0.25, 0.3) is 0 Å². The Kier molecular flexibility index (Phi) is 6.40. The Morgan fingerprint density at radius 1 is 1.33 bits per heavy atom. The van der Waals surface area contributed by atoms with E-state index >= 15 is 0 Å². The zero-order valence-electron chi connectivity index (χ0n) is 11.4. The number of rotatable bonds is 7. The van der Waals surface area contributed by atoms with E-state index in [2.05, 4.69) is 21.2 Å². The molecule has 0 aliphatic rings. The Bertz CT molecular complexity index is 484. The summed E-state index contributed by atoms with van der Waals surface area (Å²) in [6.45, 7) is 1.81. The smallest absolute Gasteiger partial charge is 0.326 e. The van der Waals surface area contributed by atoms with E-state index in [-0.39, 0.29) is 22.3 Å². The van der Waals surface area contributed by atoms with Crippen LogP contribution in [-0.4, -0.2) is 26.0 Å². The van der Waals surface area contributed by atoms with Gasteiger partial charge in [-0.1, -0.05) is 6.92 Å². The first kappa shape index (κ1) is 18.2. The lowest BCUT2D eigenvalue weighted by Crippen LogP contribution is -2.43. The van der Waals surface area contributed by atoms with E-state index in [0.717, 1.165) is 19.2 Å². The van der Waals surface area contributed by atoms with Gasteiger partial charge in [0, 0.05) is 11.6 Å². The molecule has 1 unspecified atom stereocenters. The van der Waals surface area contributed by atoms with E-state index in [1.807, 2.05) is 0 Å². The van der Waals surface area contributed by atoms with Crippen LogP contribution in [0.4, 0.5) is 22.0 Å². The maximum absolute atomic E-state index is 13.8. The second-order valence-corrected chi connectivity index (χ2v) is 5.22. The number of nitrogens with one attached hydrogen (secondary N) is 1. The minimum Gasteiger partial charge on any atom is -0.496 e. The summed E-state index contributed by atoms with van der Waals surface area (Å²) >= 11 is 2.86. The highest BCUT2D eigenvalue weighted by molar-refractivity contribution is 9.10. The zero-order chi connectivity index (χ0) is 16.2. The van der Waals surface area contributed by atoms with Crippen LogP contribution in [-0.2, 0) is 0 Å². The summed E-state index contributed by atoms with van der Waals surface area (Å²) in [7, 11) is 1.16. The molecule has 1 aromatic rings. The molecule has 0 radical (unpaired) electrons. The van der Waals surface area contributed by atoms with Crippen LogP contribution in [0.1, 0.15) is 24.9 Å². The summed E-state index contributed by atoms with van der Waals surface area (Å²) in [5.41, 5.74) is -0.232. The average Bonchev–Trinajstić information content (AvgIpc) is 2.42. The predicted octanol–water partition coefficient (Wildman–Crippen LogP) is 4.54. The Hall–Kier alpha value is -0.890. The number of hydrogen-bond acceptors (Lipinski definition) is 2. The molecule has 0 aliphatic carbocycles. The van der Waals surface area contributed by atoms with Crippen LogP contribution < -0.4 is 10.1 Å². The third-order valence-electron chi connectivity index (χ3n) is 2.86. The summed E-state index contributed by atoms with van der Waals surface area (Å²) in [4.78, 5) is 0. The Morgan fingerprint density at radius 2 is 1.95 bits per heavy atom. The van der Waals surface area contributed by atoms with Gasteiger partial charge in [0.15, 0.2) is 0 Å². The quantitative estimate of drug-likeness (QED) is 0.706. The standard InChI is InChI=1S/C13H15BrF5NO/c1-3-4-20-11(13(18,19)12(16)17)7-5-8(14)9(15)6-10(7)21-2/h5-6,11-12,20H,3-4H2,1-2H3. The molecule has 1 N–H and O–H groups in total. The van der Waals surface area contributed by atoms with Crippen molar-refractivity contribution in [1.82, 2.24) is 5.32 Å². The van der Waals surface area contributed by atoms with Crippen LogP contribution in [0.15, 0.2) is 16.6 Å². The first-order valence-electron chi connectivity index (χ1n) is 6.17. The lowest BCUT2D eigenvalue weighted by atomic mass is 9.99. The molecule has 0 fully saturated rings. The van der Waals surface area contributed by atoms with Gasteiger partial charge in [-0.05, 0) is 35.0 Å². The van der Waals surface area contributed by atoms with Gasteiger partial charge < -0.3 is 10.1 Å². The molecule has 0 aliphatic heterocycles. The van der Waals surface area contributed by atoms with Crippen LogP contribution >= 0.6 is 15.9 Å². The lowest BCUT2D eigenvalue weighted by Gasteiger charge is -2.29. The molecule has 0 heterocycles. The van der Waals surface area contributed by atoms with Gasteiger partial charge in [-0.2, -0.15) is 8.78 Å². The van der Waals surface area contributed by atoms with E-state index in [4.69, 9.17) is 4.74 Å². The SMILES string of the molecule is CCCNC(c1cc(Br)c(F)cc1OC)C(F)(F)C(F)F. The van der Waals surface area contributed by atoms with Gasteiger partial charge in [0.1, 0.15) is 17.6 Å². The first-order chi connectivity index (χ1) is 9.75. The van der Waals surface area contributed by atoms with Gasteiger partial charge in [-0.3, -0.25) is 0 Å². The number of benzene rings is 1. The molecule has 1 aromatic carbocycles. The van der Waals surface area contributed by atoms with Crippen molar-refractivity contribution in [1.29, 1.82) is 0 Å². The number of halogens is 6. The van der Waals surface area contributed by atoms with E-state index < -0.39 is 24.2 Å². The maximum Gasteiger partial charge on any atom is 0.326 e. The van der Waals surface area contributed by atoms with E-state index in [0.29, 0.717) is 6.42 Å². The highest BCUT2D eigenvalue weighted by Gasteiger charge is 2.50. The molecule has 8 heteroatoms. The van der Waals surface area contributed by atoms with E-state index in [1.165, 1.54) is 0 Å². The van der Waals surface area contributed by atoms with Crippen molar-refractivity contribution in [2.45, 2.75) is 31.7 Å². The number of ether oxygens (including phenoxy) is 1. The fourth-order valence-corrected chi connectivity index (χ4v) is 2.18. The van der Waals surface area contributed by atoms with Crippen molar-refractivity contribution in [3.05, 3.63) is 28.0 Å². The number of methoxy groups -OCH3 is 1. The zero-order valence-corrected chi connectivity index (χ0v) is 13.0. The minimum absolute atomic E-state index is 0.102. The predicted molar refractivity (Wildman–Crippen MR) is 72.6 cm³/mol. The van der Waals surface area contributed by atoms with Crippen LogP contribution in [0.3, 0.4) is 0 Å². The van der Waals surface area contributed by atoms with Crippen molar-refractivity contribution >= 4 is 15.9 Å². The Balaban J connectivity index is 3.35. The fraction of sp³-hybridized carbons (Fsp3) is 0.538. The monoisotopic (exact) mass is 375 g/mol. The molecular weight excluding hydrogens is 361 g/mol. The molecule has 2 nitrogen and oxygen atoms in total. The van der Waals surface area contributed by atoms with Crippen molar-refractivity contribution in [2.24, 2.45) is 0 Å². The van der Waals surface area contributed by atoms with Crippen molar-refractivity contribution < 1.29 is 26.7 Å². The fourth-order valence-electron chi connectivity index (χ4n) is 1.81. The molecule has 120 valence electrons. The lowest BCUT2D eigenvalue weighted by molar-refractivity contribution is -0.151. The summed E-state index contributed by atoms with van der Waals surface area (Å²) in [6, 6.07) is -0.0800. The molecule has 0 aromatic heterocycles. The third-order valence-corrected chi connectivity index (χ3v) is 3.47. The summed E-state index contributed by atoms with van der Waals surface area (Å²) < 4.78 is 71.1. The maximum atomic E-state index is 13.8. The van der Waals surface area contributed by atoms with Crippen LogP contribution in [0, 0.1) is 5.82 Å². The molecule has 1 rings (SSSR count). The van der Waals surface area contributed by atoms with Crippen molar-refractivity contribution in [3.63, 3.8) is 0 Å². The van der Waals surface area contributed by atoms with E-state index in [1.54, 1.807) is 6.92 Å². The summed E-state index contributed by atoms with van der Waals surface area (Å²) in [5, 5.41) is 2.38. The summed E-state index contributed by atoms with van der Waals surface area (Å²) in [6.07, 6.45) is -3.39. The molecule has 0 saturated carbocycles.